The van der Waals surface area contributed by atoms with E-state index >= 15 is 4.39 Å². The van der Waals surface area contributed by atoms with Crippen LogP contribution in [-0.2, 0) is 16.1 Å². The fourth-order valence-electron chi connectivity index (χ4n) is 9.20. The van der Waals surface area contributed by atoms with E-state index in [1.807, 2.05) is 66.7 Å². The molecule has 5 aliphatic rings. The number of anilines is 2. The van der Waals surface area contributed by atoms with Gasteiger partial charge >= 0.3 is 0 Å². The number of hydrogen-bond donors (Lipinski definition) is 2. The number of benzene rings is 3. The molecule has 0 bridgehead atoms. The summed E-state index contributed by atoms with van der Waals surface area (Å²) in [6.07, 6.45) is 1.49. The van der Waals surface area contributed by atoms with Crippen LogP contribution in [0.25, 0.3) is 22.3 Å². The van der Waals surface area contributed by atoms with Crippen molar-refractivity contribution in [3.8, 4) is 22.8 Å². The third-order valence-corrected chi connectivity index (χ3v) is 12.3. The number of carbonyl (C=O) groups excluding carboxylic acids is 3. The molecule has 4 fully saturated rings. The summed E-state index contributed by atoms with van der Waals surface area (Å²) >= 11 is 0. The highest BCUT2D eigenvalue weighted by Crippen LogP contribution is 2.38. The maximum atomic E-state index is 16.2. The Hall–Kier alpha value is -5.93. The maximum Gasteiger partial charge on any atom is 0.255 e. The molecular formula is C42H43FN10O4. The largest absolute Gasteiger partial charge is 0.457 e. The van der Waals surface area contributed by atoms with Crippen molar-refractivity contribution in [1.82, 2.24) is 39.8 Å². The van der Waals surface area contributed by atoms with Gasteiger partial charge < -0.3 is 20.3 Å². The van der Waals surface area contributed by atoms with Crippen molar-refractivity contribution in [2.45, 2.75) is 50.1 Å². The van der Waals surface area contributed by atoms with Crippen LogP contribution in [0.4, 0.5) is 15.9 Å². The standard InChI is InChI=1S/C42H43FN10O4/c43-33-23-50(15-14-34(33)53-40-37(39(44)45-24-46-40)38(48-53)26-6-9-31(10-7-26)57-30-4-2-1-3-5-30)29-21-49(22-29)17-25-18-51(19-25)28-8-11-32-27(16-28)20-52(42(32)56)35-12-13-36(54)47-41(35)55/h1-11,16,24-25,29,33-35H,12-15,17-23H2,(H2,44,45,46)(H,47,54,55)/t33-,34-,35?/m0/s1. The molecule has 5 aliphatic heterocycles. The highest BCUT2D eigenvalue weighted by molar-refractivity contribution is 6.05. The normalized spacial score (nSPS) is 23.4. The molecule has 0 radical (unpaired) electrons. The Morgan fingerprint density at radius 3 is 2.46 bits per heavy atom. The number of imide groups is 1. The number of piperidine rings is 2. The predicted octanol–water partition coefficient (Wildman–Crippen LogP) is 4.03. The molecule has 3 N–H and O–H groups in total. The predicted molar refractivity (Wildman–Crippen MR) is 210 cm³/mol. The second-order valence-corrected chi connectivity index (χ2v) is 15.9. The first kappa shape index (κ1) is 35.5. The van der Waals surface area contributed by atoms with E-state index in [0.717, 1.165) is 61.8 Å². The topological polar surface area (TPSA) is 155 Å². The van der Waals surface area contributed by atoms with Gasteiger partial charge in [-0.25, -0.2) is 19.0 Å². The zero-order valence-electron chi connectivity index (χ0n) is 31.3. The van der Waals surface area contributed by atoms with Gasteiger partial charge in [0.1, 0.15) is 41.6 Å². The second kappa shape index (κ2) is 14.2. The quantitative estimate of drug-likeness (QED) is 0.209. The number of carbonyl (C=O) groups is 3. The van der Waals surface area contributed by atoms with Gasteiger partial charge in [-0.05, 0) is 73.0 Å². The molecule has 4 saturated heterocycles. The van der Waals surface area contributed by atoms with Gasteiger partial charge in [0.2, 0.25) is 11.8 Å². The Kier molecular flexibility index (Phi) is 8.85. The first-order chi connectivity index (χ1) is 27.8. The number of para-hydroxylation sites is 1. The molecule has 7 heterocycles. The minimum Gasteiger partial charge on any atom is -0.457 e. The average molecular weight is 771 g/mol. The van der Waals surface area contributed by atoms with Gasteiger partial charge in [-0.2, -0.15) is 5.10 Å². The Labute approximate surface area is 328 Å². The first-order valence-electron chi connectivity index (χ1n) is 19.7. The lowest BCUT2D eigenvalue weighted by Gasteiger charge is -2.51. The van der Waals surface area contributed by atoms with E-state index in [2.05, 4.69) is 36.1 Å². The minimum absolute atomic E-state index is 0.153. The average Bonchev–Trinajstić information content (AvgIpc) is 3.72. The molecule has 0 spiro atoms. The molecular weight excluding hydrogens is 728 g/mol. The summed E-state index contributed by atoms with van der Waals surface area (Å²) in [6.45, 7) is 6.19. The van der Waals surface area contributed by atoms with Crippen LogP contribution in [-0.4, -0.2) is 116 Å². The molecule has 14 nitrogen and oxygen atoms in total. The van der Waals surface area contributed by atoms with Crippen LogP contribution < -0.4 is 20.7 Å². The third-order valence-electron chi connectivity index (χ3n) is 12.3. The van der Waals surface area contributed by atoms with Crippen molar-refractivity contribution in [1.29, 1.82) is 0 Å². The molecule has 3 aromatic carbocycles. The molecule has 2 aromatic heterocycles. The first-order valence-corrected chi connectivity index (χ1v) is 19.7. The van der Waals surface area contributed by atoms with Gasteiger partial charge in [0.15, 0.2) is 5.65 Å². The summed E-state index contributed by atoms with van der Waals surface area (Å²) in [6, 6.07) is 22.4. The van der Waals surface area contributed by atoms with Crippen LogP contribution in [0, 0.1) is 5.92 Å². The van der Waals surface area contributed by atoms with E-state index in [0.29, 0.717) is 71.7 Å². The summed E-state index contributed by atoms with van der Waals surface area (Å²) in [5.41, 5.74) is 11.0. The fourth-order valence-corrected chi connectivity index (χ4v) is 9.20. The molecule has 5 aromatic rings. The van der Waals surface area contributed by atoms with Gasteiger partial charge in [-0.1, -0.05) is 18.2 Å². The molecule has 3 amide bonds. The molecule has 1 unspecified atom stereocenters. The Bertz CT molecular complexity index is 2360. The SMILES string of the molecule is Nc1ncnc2c1c(-c1ccc(Oc3ccccc3)cc1)nn2[C@H]1CCN(C2CN(CC3CN(c4ccc5c(c4)CN(C4CCC(=O)NC4=O)C5=O)C3)C2)C[C@@H]1F. The lowest BCUT2D eigenvalue weighted by molar-refractivity contribution is -0.136. The van der Waals surface area contributed by atoms with Gasteiger partial charge in [-0.3, -0.25) is 29.5 Å². The third kappa shape index (κ3) is 6.53. The van der Waals surface area contributed by atoms with E-state index < -0.39 is 24.2 Å². The molecule has 10 rings (SSSR count). The van der Waals surface area contributed by atoms with Gasteiger partial charge in [0.25, 0.3) is 5.91 Å². The summed E-state index contributed by atoms with van der Waals surface area (Å²) in [4.78, 5) is 54.6. The number of alkyl halides is 1. The van der Waals surface area contributed by atoms with E-state index in [-0.39, 0.29) is 18.2 Å². The van der Waals surface area contributed by atoms with Crippen LogP contribution in [0.15, 0.2) is 79.1 Å². The molecule has 57 heavy (non-hydrogen) atoms. The van der Waals surface area contributed by atoms with Crippen molar-refractivity contribution in [2.75, 3.05) is 56.4 Å². The summed E-state index contributed by atoms with van der Waals surface area (Å²) in [5, 5.41) is 7.91. The van der Waals surface area contributed by atoms with E-state index in [1.54, 1.807) is 9.58 Å². The summed E-state index contributed by atoms with van der Waals surface area (Å²) in [7, 11) is 0. The Balaban J connectivity index is 0.724. The molecule has 15 heteroatoms. The Morgan fingerprint density at radius 2 is 1.68 bits per heavy atom. The highest BCUT2D eigenvalue weighted by Gasteiger charge is 2.42. The van der Waals surface area contributed by atoms with Gasteiger partial charge in [0, 0.05) is 87.6 Å². The summed E-state index contributed by atoms with van der Waals surface area (Å²) < 4.78 is 23.9. The number of fused-ring (bicyclic) bond motifs is 2. The molecule has 3 atom stereocenters. The van der Waals surface area contributed by atoms with Crippen LogP contribution in [0.2, 0.25) is 0 Å². The van der Waals surface area contributed by atoms with Crippen molar-refractivity contribution in [3.05, 3.63) is 90.3 Å². The Morgan fingerprint density at radius 1 is 0.895 bits per heavy atom. The number of ether oxygens (including phenoxy) is 1. The van der Waals surface area contributed by atoms with Gasteiger partial charge in [-0.15, -0.1) is 0 Å². The number of aromatic nitrogens is 4. The number of halogens is 1. The van der Waals surface area contributed by atoms with Crippen molar-refractivity contribution >= 4 is 40.3 Å². The highest BCUT2D eigenvalue weighted by atomic mass is 19.1. The number of nitrogens with one attached hydrogen (secondary N) is 1. The van der Waals surface area contributed by atoms with Crippen molar-refractivity contribution < 1.29 is 23.5 Å². The van der Waals surface area contributed by atoms with Crippen molar-refractivity contribution in [2.24, 2.45) is 5.92 Å². The van der Waals surface area contributed by atoms with E-state index in [4.69, 9.17) is 15.6 Å². The zero-order valence-corrected chi connectivity index (χ0v) is 31.3. The molecule has 0 aliphatic carbocycles. The zero-order chi connectivity index (χ0) is 38.8. The number of hydrogen-bond acceptors (Lipinski definition) is 11. The monoisotopic (exact) mass is 770 g/mol. The minimum atomic E-state index is -1.12. The molecule has 0 saturated carbocycles. The number of nitrogen functional groups attached to an aromatic ring is 1. The smallest absolute Gasteiger partial charge is 0.255 e. The number of rotatable bonds is 9. The van der Waals surface area contributed by atoms with E-state index in [9.17, 15) is 14.4 Å². The van der Waals surface area contributed by atoms with Crippen molar-refractivity contribution in [3.63, 3.8) is 0 Å². The van der Waals surface area contributed by atoms with Gasteiger partial charge in [0.05, 0.1) is 11.4 Å². The maximum absolute atomic E-state index is 16.2. The van der Waals surface area contributed by atoms with Crippen LogP contribution in [0.5, 0.6) is 11.5 Å². The number of nitrogens with two attached hydrogens (primary N) is 1. The van der Waals surface area contributed by atoms with Crippen LogP contribution in [0.1, 0.15) is 41.2 Å². The second-order valence-electron chi connectivity index (χ2n) is 15.9. The number of likely N-dealkylation sites (tertiary alicyclic amines) is 2. The summed E-state index contributed by atoms with van der Waals surface area (Å²) in [5.74, 6) is 1.44. The molecule has 292 valence electrons. The fraction of sp³-hybridized carbons (Fsp3) is 0.381. The number of nitrogens with zero attached hydrogens (tertiary/aromatic N) is 8. The van der Waals surface area contributed by atoms with Crippen LogP contribution in [0.3, 0.4) is 0 Å². The lowest BCUT2D eigenvalue weighted by atomic mass is 9.94. The number of amides is 3. The van der Waals surface area contributed by atoms with Crippen LogP contribution >= 0.6 is 0 Å². The lowest BCUT2D eigenvalue weighted by Crippen LogP contribution is -2.64. The van der Waals surface area contributed by atoms with E-state index in [1.165, 1.54) is 6.33 Å².